The predicted octanol–water partition coefficient (Wildman–Crippen LogP) is 3.97. The number of likely N-dealkylation sites (tertiary alicyclic amines) is 1. The summed E-state index contributed by atoms with van der Waals surface area (Å²) in [5, 5.41) is 14.9. The quantitative estimate of drug-likeness (QED) is 0.740. The number of rotatable bonds is 5. The fourth-order valence-electron chi connectivity index (χ4n) is 3.73. The van der Waals surface area contributed by atoms with E-state index in [2.05, 4.69) is 21.7 Å². The zero-order valence-corrected chi connectivity index (χ0v) is 16.5. The highest BCUT2D eigenvalue weighted by atomic mass is 35.5. The molecule has 2 N–H and O–H groups in total. The summed E-state index contributed by atoms with van der Waals surface area (Å²) in [6.45, 7) is 3.53. The van der Waals surface area contributed by atoms with Gasteiger partial charge in [0.05, 0.1) is 17.8 Å². The summed E-state index contributed by atoms with van der Waals surface area (Å²) < 4.78 is 1.71. The molecule has 0 aliphatic carbocycles. The van der Waals surface area contributed by atoms with Crippen molar-refractivity contribution in [3.8, 4) is 0 Å². The van der Waals surface area contributed by atoms with E-state index in [4.69, 9.17) is 16.9 Å². The Labute approximate surface area is 168 Å². The third-order valence-corrected chi connectivity index (χ3v) is 6.25. The van der Waals surface area contributed by atoms with Gasteiger partial charge >= 0.3 is 5.97 Å². The third kappa shape index (κ3) is 4.29. The van der Waals surface area contributed by atoms with E-state index >= 15 is 0 Å². The van der Waals surface area contributed by atoms with Gasteiger partial charge in [0, 0.05) is 54.1 Å². The maximum atomic E-state index is 11.1. The Kier molecular flexibility index (Phi) is 5.38. The van der Waals surface area contributed by atoms with Gasteiger partial charge in [0.15, 0.2) is 0 Å². The van der Waals surface area contributed by atoms with Gasteiger partial charge in [-0.3, -0.25) is 9.32 Å². The first-order chi connectivity index (χ1) is 13.1. The summed E-state index contributed by atoms with van der Waals surface area (Å²) in [7, 11) is 0. The van der Waals surface area contributed by atoms with Gasteiger partial charge in [-0.15, -0.1) is 11.3 Å². The summed E-state index contributed by atoms with van der Waals surface area (Å²) in [5.74, 6) is -0.873. The van der Waals surface area contributed by atoms with E-state index < -0.39 is 5.97 Å². The van der Waals surface area contributed by atoms with Crippen LogP contribution in [0.1, 0.15) is 39.2 Å². The molecule has 7 heteroatoms. The van der Waals surface area contributed by atoms with E-state index in [0.29, 0.717) is 11.6 Å². The average Bonchev–Trinajstić information content (AvgIpc) is 3.12. The lowest BCUT2D eigenvalue weighted by molar-refractivity contribution is 0.0696. The molecule has 1 aromatic heterocycles. The Morgan fingerprint density at radius 2 is 2.11 bits per heavy atom. The maximum Gasteiger partial charge on any atom is 0.335 e. The van der Waals surface area contributed by atoms with E-state index in [1.807, 2.05) is 18.3 Å². The van der Waals surface area contributed by atoms with E-state index in [9.17, 15) is 4.79 Å². The van der Waals surface area contributed by atoms with Crippen LogP contribution in [0.2, 0.25) is 0 Å². The molecule has 142 valence electrons. The number of carboxylic acids is 1. The highest BCUT2D eigenvalue weighted by Gasteiger charge is 2.23. The van der Waals surface area contributed by atoms with Crippen molar-refractivity contribution < 1.29 is 9.90 Å². The molecule has 2 aliphatic rings. The number of nitrogens with one attached hydrogen (secondary N) is 1. The largest absolute Gasteiger partial charge is 0.478 e. The lowest BCUT2D eigenvalue weighted by Gasteiger charge is -2.34. The second-order valence-corrected chi connectivity index (χ2v) is 8.49. The van der Waals surface area contributed by atoms with Gasteiger partial charge in [-0.1, -0.05) is 12.1 Å². The predicted molar refractivity (Wildman–Crippen MR) is 109 cm³/mol. The monoisotopic (exact) mass is 403 g/mol. The van der Waals surface area contributed by atoms with Crippen LogP contribution in [0.3, 0.4) is 0 Å². The number of carbonyl (C=O) groups is 1. The van der Waals surface area contributed by atoms with Gasteiger partial charge in [-0.2, -0.15) is 0 Å². The van der Waals surface area contributed by atoms with Crippen LogP contribution in [0.15, 0.2) is 41.9 Å². The number of hydrogen-bond acceptors (Lipinski definition) is 5. The van der Waals surface area contributed by atoms with Crippen LogP contribution in [0, 0.1) is 0 Å². The van der Waals surface area contributed by atoms with Gasteiger partial charge in [0.1, 0.15) is 0 Å². The molecule has 0 bridgehead atoms. The standard InChI is InChI=1S/C20H22ClN3O2S/c21-24-12-18(17-6-9-27-19(17)13-24)22-16-4-7-23(8-5-16)11-14-2-1-3-15(10-14)20(25)26/h1-3,6,9-10,12,16,22H,4-5,7-8,11,13H2,(H,25,26). The SMILES string of the molecule is O=C(O)c1cccc(CN2CCC(NC3=CN(Cl)Cc4sccc43)CC2)c1. The van der Waals surface area contributed by atoms with Crippen molar-refractivity contribution in [2.45, 2.75) is 32.0 Å². The van der Waals surface area contributed by atoms with Crippen LogP contribution in [0.25, 0.3) is 5.70 Å². The Morgan fingerprint density at radius 1 is 1.30 bits per heavy atom. The summed E-state index contributed by atoms with van der Waals surface area (Å²) in [5.41, 5.74) is 3.78. The summed E-state index contributed by atoms with van der Waals surface area (Å²) in [6.07, 6.45) is 4.09. The smallest absolute Gasteiger partial charge is 0.335 e. The molecule has 0 radical (unpaired) electrons. The molecule has 3 heterocycles. The van der Waals surface area contributed by atoms with Crippen LogP contribution in [0.5, 0.6) is 0 Å². The first-order valence-electron chi connectivity index (χ1n) is 9.10. The van der Waals surface area contributed by atoms with Crippen molar-refractivity contribution in [1.82, 2.24) is 14.6 Å². The zero-order chi connectivity index (χ0) is 18.8. The molecule has 0 spiro atoms. The maximum absolute atomic E-state index is 11.1. The first kappa shape index (κ1) is 18.3. The molecule has 5 nitrogen and oxygen atoms in total. The van der Waals surface area contributed by atoms with Gasteiger partial charge < -0.3 is 10.4 Å². The Balaban J connectivity index is 1.33. The number of carboxylic acid groups (broad SMARTS) is 1. The number of nitrogens with zero attached hydrogens (tertiary/aromatic N) is 2. The van der Waals surface area contributed by atoms with Gasteiger partial charge in [0.2, 0.25) is 0 Å². The van der Waals surface area contributed by atoms with Crippen LogP contribution < -0.4 is 5.32 Å². The van der Waals surface area contributed by atoms with Crippen molar-refractivity contribution in [1.29, 1.82) is 0 Å². The number of halogens is 1. The van der Waals surface area contributed by atoms with Gasteiger partial charge in [-0.25, -0.2) is 4.79 Å². The molecule has 1 saturated heterocycles. The number of fused-ring (bicyclic) bond motifs is 1. The van der Waals surface area contributed by atoms with Crippen molar-refractivity contribution >= 4 is 34.8 Å². The Hall–Kier alpha value is -2.02. The average molecular weight is 404 g/mol. The molecular weight excluding hydrogens is 382 g/mol. The molecule has 0 saturated carbocycles. The van der Waals surface area contributed by atoms with Crippen molar-refractivity contribution in [2.75, 3.05) is 13.1 Å². The molecule has 1 fully saturated rings. The Bertz CT molecular complexity index is 858. The molecule has 0 unspecified atom stereocenters. The van der Waals surface area contributed by atoms with Crippen LogP contribution in [0.4, 0.5) is 0 Å². The number of benzene rings is 1. The second kappa shape index (κ2) is 7.92. The fraction of sp³-hybridized carbons (Fsp3) is 0.350. The van der Waals surface area contributed by atoms with E-state index in [1.165, 1.54) is 10.4 Å². The van der Waals surface area contributed by atoms with Crippen LogP contribution in [-0.2, 0) is 13.1 Å². The fourth-order valence-corrected chi connectivity index (χ4v) is 4.90. The van der Waals surface area contributed by atoms with Crippen molar-refractivity contribution in [3.05, 3.63) is 63.5 Å². The van der Waals surface area contributed by atoms with E-state index in [0.717, 1.165) is 50.3 Å². The number of thiophene rings is 1. The lowest BCUT2D eigenvalue weighted by atomic mass is 10.0. The minimum absolute atomic E-state index is 0.352. The first-order valence-corrected chi connectivity index (χ1v) is 10.3. The number of hydrogen-bond donors (Lipinski definition) is 2. The minimum Gasteiger partial charge on any atom is -0.478 e. The molecule has 0 amide bonds. The van der Waals surface area contributed by atoms with Gasteiger partial charge in [0.25, 0.3) is 0 Å². The molecule has 1 aromatic carbocycles. The summed E-state index contributed by atoms with van der Waals surface area (Å²) in [4.78, 5) is 14.8. The Morgan fingerprint density at radius 3 is 2.89 bits per heavy atom. The van der Waals surface area contributed by atoms with Crippen LogP contribution >= 0.6 is 23.1 Å². The normalized spacial score (nSPS) is 18.1. The summed E-state index contributed by atoms with van der Waals surface area (Å²) in [6, 6.07) is 9.81. The lowest BCUT2D eigenvalue weighted by Crippen LogP contribution is -2.42. The molecule has 2 aliphatic heterocycles. The molecule has 0 atom stereocenters. The molecular formula is C20H22ClN3O2S. The molecule has 4 rings (SSSR count). The van der Waals surface area contributed by atoms with E-state index in [-0.39, 0.29) is 0 Å². The minimum atomic E-state index is -0.873. The van der Waals surface area contributed by atoms with Gasteiger partial charge in [-0.05, 0) is 42.0 Å². The van der Waals surface area contributed by atoms with Crippen molar-refractivity contribution in [2.24, 2.45) is 0 Å². The topological polar surface area (TPSA) is 55.8 Å². The van der Waals surface area contributed by atoms with E-state index in [1.54, 1.807) is 27.9 Å². The highest BCUT2D eigenvalue weighted by molar-refractivity contribution is 7.10. The molecule has 2 aromatic rings. The second-order valence-electron chi connectivity index (χ2n) is 7.06. The van der Waals surface area contributed by atoms with Crippen molar-refractivity contribution in [3.63, 3.8) is 0 Å². The van der Waals surface area contributed by atoms with Crippen LogP contribution in [-0.4, -0.2) is 39.5 Å². The number of aromatic carboxylic acids is 1. The summed E-state index contributed by atoms with van der Waals surface area (Å²) >= 11 is 7.98. The third-order valence-electron chi connectivity index (χ3n) is 5.13. The highest BCUT2D eigenvalue weighted by Crippen LogP contribution is 2.31. The molecule has 27 heavy (non-hydrogen) atoms. The number of piperidine rings is 1. The zero-order valence-electron chi connectivity index (χ0n) is 14.9.